The summed E-state index contributed by atoms with van der Waals surface area (Å²) in [5, 5.41) is 10.8. The molecular formula is C18H12F3NO2. The largest absolute Gasteiger partial charge is 0.416 e. The van der Waals surface area contributed by atoms with Gasteiger partial charge in [0.15, 0.2) is 5.78 Å². The molecule has 6 heteroatoms. The van der Waals surface area contributed by atoms with E-state index < -0.39 is 11.7 Å². The van der Waals surface area contributed by atoms with E-state index in [1.807, 2.05) is 12.1 Å². The van der Waals surface area contributed by atoms with Crippen LogP contribution in [0.5, 0.6) is 0 Å². The van der Waals surface area contributed by atoms with Crippen molar-refractivity contribution in [2.75, 3.05) is 5.06 Å². The van der Waals surface area contributed by atoms with E-state index in [2.05, 4.69) is 0 Å². The number of nitrogens with zero attached hydrogens (tertiary/aromatic N) is 1. The summed E-state index contributed by atoms with van der Waals surface area (Å²) >= 11 is 0. The summed E-state index contributed by atoms with van der Waals surface area (Å²) in [6, 6.07) is 11.2. The lowest BCUT2D eigenvalue weighted by molar-refractivity contribution is -0.137. The van der Waals surface area contributed by atoms with Crippen LogP contribution in [0.15, 0.2) is 60.8 Å². The Morgan fingerprint density at radius 3 is 2.29 bits per heavy atom. The van der Waals surface area contributed by atoms with Crippen molar-refractivity contribution < 1.29 is 23.2 Å². The Hall–Kier alpha value is -2.86. The summed E-state index contributed by atoms with van der Waals surface area (Å²) in [7, 11) is 0. The molecule has 0 spiro atoms. The number of rotatable bonds is 2. The van der Waals surface area contributed by atoms with Crippen molar-refractivity contribution in [1.82, 2.24) is 0 Å². The molecular weight excluding hydrogens is 319 g/mol. The van der Waals surface area contributed by atoms with Crippen LogP contribution in [0.25, 0.3) is 11.6 Å². The molecule has 2 aromatic rings. The minimum Gasteiger partial charge on any atom is -0.289 e. The molecule has 0 amide bonds. The van der Waals surface area contributed by atoms with Crippen LogP contribution in [0.4, 0.5) is 18.9 Å². The smallest absolute Gasteiger partial charge is 0.289 e. The van der Waals surface area contributed by atoms with E-state index in [0.717, 1.165) is 29.8 Å². The number of alkyl halides is 3. The lowest BCUT2D eigenvalue weighted by atomic mass is 9.92. The van der Waals surface area contributed by atoms with Gasteiger partial charge in [0.25, 0.3) is 0 Å². The molecule has 24 heavy (non-hydrogen) atoms. The first kappa shape index (κ1) is 16.0. The number of carbonyl (C=O) groups excluding carboxylic acids is 1. The fraction of sp³-hybridized carbons (Fsp3) is 0.0556. The molecule has 0 heterocycles. The molecule has 1 aliphatic rings. The average Bonchev–Trinajstić information content (AvgIpc) is 2.56. The maximum atomic E-state index is 12.6. The summed E-state index contributed by atoms with van der Waals surface area (Å²) < 4.78 is 37.7. The van der Waals surface area contributed by atoms with E-state index in [1.165, 1.54) is 12.3 Å². The summed E-state index contributed by atoms with van der Waals surface area (Å²) in [4.78, 5) is 12.1. The van der Waals surface area contributed by atoms with Gasteiger partial charge in [-0.15, -0.1) is 0 Å². The molecule has 0 radical (unpaired) electrons. The number of hydrogen-bond donors (Lipinski definition) is 1. The molecule has 3 nitrogen and oxygen atoms in total. The van der Waals surface area contributed by atoms with E-state index >= 15 is 0 Å². The van der Waals surface area contributed by atoms with Gasteiger partial charge in [0, 0.05) is 11.8 Å². The van der Waals surface area contributed by atoms with E-state index in [4.69, 9.17) is 0 Å². The van der Waals surface area contributed by atoms with Gasteiger partial charge >= 0.3 is 6.18 Å². The summed E-state index contributed by atoms with van der Waals surface area (Å²) in [5.74, 6) is -0.292. The lowest BCUT2D eigenvalue weighted by Gasteiger charge is -2.18. The maximum absolute atomic E-state index is 12.6. The number of hydroxylamine groups is 1. The second-order valence-corrected chi connectivity index (χ2v) is 5.22. The van der Waals surface area contributed by atoms with Crippen LogP contribution in [0.3, 0.4) is 0 Å². The molecule has 0 atom stereocenters. The van der Waals surface area contributed by atoms with Gasteiger partial charge in [-0.3, -0.25) is 10.0 Å². The normalized spacial score (nSPS) is 15.5. The van der Waals surface area contributed by atoms with Gasteiger partial charge in [-0.05, 0) is 41.5 Å². The Balaban J connectivity index is 1.93. The highest BCUT2D eigenvalue weighted by Gasteiger charge is 2.30. The molecule has 0 saturated carbocycles. The number of allylic oxidation sites excluding steroid dienone is 2. The van der Waals surface area contributed by atoms with Gasteiger partial charge in [0.1, 0.15) is 0 Å². The zero-order chi connectivity index (χ0) is 17.3. The second-order valence-electron chi connectivity index (χ2n) is 5.22. The Morgan fingerprint density at radius 2 is 1.62 bits per heavy atom. The fourth-order valence-corrected chi connectivity index (χ4v) is 2.41. The lowest BCUT2D eigenvalue weighted by Crippen LogP contribution is -2.14. The van der Waals surface area contributed by atoms with Crippen molar-refractivity contribution in [2.45, 2.75) is 6.18 Å². The predicted octanol–water partition coefficient (Wildman–Crippen LogP) is 4.54. The van der Waals surface area contributed by atoms with Gasteiger partial charge < -0.3 is 0 Å². The quantitative estimate of drug-likeness (QED) is 0.649. The van der Waals surface area contributed by atoms with Crippen molar-refractivity contribution >= 4 is 23.1 Å². The van der Waals surface area contributed by atoms with Crippen molar-refractivity contribution in [3.05, 3.63) is 77.5 Å². The number of hydrogen-bond acceptors (Lipinski definition) is 3. The highest BCUT2D eigenvalue weighted by Crippen LogP contribution is 2.31. The third-order valence-corrected chi connectivity index (χ3v) is 3.64. The van der Waals surface area contributed by atoms with Gasteiger partial charge in [-0.2, -0.15) is 13.2 Å². The van der Waals surface area contributed by atoms with E-state index in [9.17, 15) is 23.2 Å². The van der Waals surface area contributed by atoms with Crippen LogP contribution in [0.2, 0.25) is 0 Å². The van der Waals surface area contributed by atoms with Gasteiger partial charge in [-0.1, -0.05) is 30.3 Å². The monoisotopic (exact) mass is 331 g/mol. The van der Waals surface area contributed by atoms with Crippen LogP contribution >= 0.6 is 0 Å². The standard InChI is InChI=1S/C18H12F3NO2/c19-18(20,21)13-6-8-14(9-7-13)22(24)11-16-15-4-2-1-3-12(15)5-10-17(16)23/h1-11,24H/b16-11-. The molecule has 0 bridgehead atoms. The summed E-state index contributed by atoms with van der Waals surface area (Å²) in [6.45, 7) is 0. The molecule has 0 unspecified atom stereocenters. The second kappa shape index (κ2) is 5.98. The first-order valence-electron chi connectivity index (χ1n) is 7.05. The highest BCUT2D eigenvalue weighted by molar-refractivity contribution is 6.30. The highest BCUT2D eigenvalue weighted by atomic mass is 19.4. The first-order chi connectivity index (χ1) is 11.4. The van der Waals surface area contributed by atoms with Crippen molar-refractivity contribution in [2.24, 2.45) is 0 Å². The Morgan fingerprint density at radius 1 is 0.958 bits per heavy atom. The molecule has 0 aliphatic heterocycles. The number of fused-ring (bicyclic) bond motifs is 1. The molecule has 122 valence electrons. The zero-order valence-corrected chi connectivity index (χ0v) is 12.3. The van der Waals surface area contributed by atoms with Crippen molar-refractivity contribution in [3.8, 4) is 0 Å². The van der Waals surface area contributed by atoms with Crippen molar-refractivity contribution in [1.29, 1.82) is 0 Å². The zero-order valence-electron chi connectivity index (χ0n) is 12.3. The molecule has 2 aromatic carbocycles. The molecule has 3 rings (SSSR count). The van der Waals surface area contributed by atoms with Crippen LogP contribution in [0.1, 0.15) is 16.7 Å². The summed E-state index contributed by atoms with van der Waals surface area (Å²) in [6.07, 6.45) is -0.183. The summed E-state index contributed by atoms with van der Waals surface area (Å²) in [5.41, 5.74) is 1.04. The van der Waals surface area contributed by atoms with Gasteiger partial charge in [0.2, 0.25) is 0 Å². The number of carbonyl (C=O) groups is 1. The third kappa shape index (κ3) is 3.09. The first-order valence-corrected chi connectivity index (χ1v) is 7.05. The van der Waals surface area contributed by atoms with E-state index in [1.54, 1.807) is 18.2 Å². The third-order valence-electron chi connectivity index (χ3n) is 3.64. The van der Waals surface area contributed by atoms with E-state index in [0.29, 0.717) is 10.6 Å². The van der Waals surface area contributed by atoms with Crippen LogP contribution in [0, 0.1) is 0 Å². The van der Waals surface area contributed by atoms with Crippen LogP contribution < -0.4 is 5.06 Å². The van der Waals surface area contributed by atoms with E-state index in [-0.39, 0.29) is 17.0 Å². The number of benzene rings is 2. The maximum Gasteiger partial charge on any atom is 0.416 e. The van der Waals surface area contributed by atoms with Crippen molar-refractivity contribution in [3.63, 3.8) is 0 Å². The Bertz CT molecular complexity index is 836. The Kier molecular flexibility index (Phi) is 3.99. The average molecular weight is 331 g/mol. The minimum atomic E-state index is -4.44. The molecule has 1 aliphatic carbocycles. The number of halogens is 3. The molecule has 0 aromatic heterocycles. The molecule has 1 N–H and O–H groups in total. The number of ketones is 1. The predicted molar refractivity (Wildman–Crippen MR) is 84.2 cm³/mol. The van der Waals surface area contributed by atoms with Gasteiger partial charge in [0.05, 0.1) is 11.3 Å². The minimum absolute atomic E-state index is 0.121. The molecule has 0 fully saturated rings. The topological polar surface area (TPSA) is 40.5 Å². The fourth-order valence-electron chi connectivity index (χ4n) is 2.41. The van der Waals surface area contributed by atoms with Crippen LogP contribution in [-0.2, 0) is 11.0 Å². The Labute approximate surface area is 135 Å². The SMILES string of the molecule is O=C1C=Cc2ccccc2/C1=C/N(O)c1ccc(C(F)(F)F)cc1. The molecule has 0 saturated heterocycles. The van der Waals surface area contributed by atoms with Gasteiger partial charge in [-0.25, -0.2) is 5.06 Å². The number of anilines is 1. The van der Waals surface area contributed by atoms with Crippen LogP contribution in [-0.4, -0.2) is 11.0 Å².